The van der Waals surface area contributed by atoms with Gasteiger partial charge in [-0.1, -0.05) is 48.0 Å². The van der Waals surface area contributed by atoms with Crippen LogP contribution in [-0.4, -0.2) is 15.9 Å². The van der Waals surface area contributed by atoms with E-state index in [1.54, 1.807) is 30.5 Å². The normalized spacial score (nSPS) is 12.4. The van der Waals surface area contributed by atoms with E-state index in [2.05, 4.69) is 73.1 Å². The van der Waals surface area contributed by atoms with Crippen LogP contribution in [0.1, 0.15) is 43.1 Å². The van der Waals surface area contributed by atoms with Crippen LogP contribution in [0.2, 0.25) is 0 Å². The SMILES string of the molecule is CC[C@H](C)c1nc2ccc(Br)cc2c(=O)n1N=Cc1cc(I)c(OCc2ccccc2F)c(I)c1. The van der Waals surface area contributed by atoms with Crippen LogP contribution in [-0.2, 0) is 6.61 Å². The standard InChI is InChI=1S/C26H21BrFI2N3O2/c1-3-15(2)25-32-23-9-8-18(27)12-19(23)26(34)33(25)31-13-16-10-21(29)24(22(30)11-16)35-14-17-6-4-5-7-20(17)28/h4-13,15H,3,14H2,1-2H3/t15-/m0/s1. The van der Waals surface area contributed by atoms with Crippen LogP contribution < -0.4 is 10.3 Å². The molecule has 0 spiro atoms. The fraction of sp³-hybridized carbons (Fsp3) is 0.192. The summed E-state index contributed by atoms with van der Waals surface area (Å²) >= 11 is 7.82. The lowest BCUT2D eigenvalue weighted by molar-refractivity contribution is 0.295. The topological polar surface area (TPSA) is 56.5 Å². The number of ether oxygens (including phenoxy) is 1. The first-order valence-electron chi connectivity index (χ1n) is 10.9. The zero-order chi connectivity index (χ0) is 25.1. The summed E-state index contributed by atoms with van der Waals surface area (Å²) in [6, 6.07) is 15.9. The van der Waals surface area contributed by atoms with Crippen molar-refractivity contribution in [3.05, 3.63) is 99.3 Å². The van der Waals surface area contributed by atoms with Gasteiger partial charge in [-0.15, -0.1) is 0 Å². The minimum absolute atomic E-state index is 0.0577. The van der Waals surface area contributed by atoms with Crippen molar-refractivity contribution < 1.29 is 9.13 Å². The van der Waals surface area contributed by atoms with E-state index in [1.165, 1.54) is 10.7 Å². The van der Waals surface area contributed by atoms with Crippen molar-refractivity contribution in [1.82, 2.24) is 9.66 Å². The van der Waals surface area contributed by atoms with Gasteiger partial charge < -0.3 is 4.74 Å². The molecular formula is C26H21BrFI2N3O2. The van der Waals surface area contributed by atoms with Crippen molar-refractivity contribution in [2.45, 2.75) is 32.8 Å². The van der Waals surface area contributed by atoms with E-state index in [4.69, 9.17) is 9.72 Å². The average Bonchev–Trinajstić information content (AvgIpc) is 2.83. The highest BCUT2D eigenvalue weighted by Crippen LogP contribution is 2.30. The Morgan fingerprint density at radius 1 is 1.17 bits per heavy atom. The second-order valence-corrected chi connectivity index (χ2v) is 11.2. The Kier molecular flexibility index (Phi) is 8.59. The van der Waals surface area contributed by atoms with E-state index in [9.17, 15) is 9.18 Å². The number of benzene rings is 3. The van der Waals surface area contributed by atoms with Gasteiger partial charge in [0.05, 0.1) is 24.3 Å². The van der Waals surface area contributed by atoms with Crippen LogP contribution >= 0.6 is 61.1 Å². The molecule has 0 aliphatic carbocycles. The third kappa shape index (κ3) is 5.93. The number of halogens is 4. The second kappa shape index (κ2) is 11.5. The van der Waals surface area contributed by atoms with Crippen LogP contribution in [0.5, 0.6) is 5.75 Å². The molecule has 0 unspecified atom stereocenters. The molecular weight excluding hydrogens is 739 g/mol. The van der Waals surface area contributed by atoms with Crippen molar-refractivity contribution in [3.63, 3.8) is 0 Å². The van der Waals surface area contributed by atoms with E-state index in [1.807, 2.05) is 31.2 Å². The molecule has 0 bridgehead atoms. The molecule has 0 amide bonds. The molecule has 180 valence electrons. The Morgan fingerprint density at radius 3 is 2.57 bits per heavy atom. The number of aromatic nitrogens is 2. The maximum absolute atomic E-state index is 13.9. The zero-order valence-electron chi connectivity index (χ0n) is 18.9. The van der Waals surface area contributed by atoms with Gasteiger partial charge in [-0.2, -0.15) is 9.78 Å². The van der Waals surface area contributed by atoms with Gasteiger partial charge in [-0.25, -0.2) is 9.37 Å². The third-order valence-electron chi connectivity index (χ3n) is 5.56. The molecule has 0 N–H and O–H groups in total. The van der Waals surface area contributed by atoms with Gasteiger partial charge in [-0.05, 0) is 93.6 Å². The van der Waals surface area contributed by atoms with E-state index in [-0.39, 0.29) is 23.9 Å². The highest BCUT2D eigenvalue weighted by Gasteiger charge is 2.16. The molecule has 35 heavy (non-hydrogen) atoms. The molecule has 1 heterocycles. The highest BCUT2D eigenvalue weighted by molar-refractivity contribution is 14.1. The van der Waals surface area contributed by atoms with E-state index < -0.39 is 0 Å². The van der Waals surface area contributed by atoms with Crippen molar-refractivity contribution in [1.29, 1.82) is 0 Å². The summed E-state index contributed by atoms with van der Waals surface area (Å²) in [7, 11) is 0. The summed E-state index contributed by atoms with van der Waals surface area (Å²) in [5.74, 6) is 1.07. The number of hydrogen-bond acceptors (Lipinski definition) is 4. The molecule has 1 atom stereocenters. The molecule has 9 heteroatoms. The Hall–Kier alpha value is -1.86. The average molecular weight is 760 g/mol. The molecule has 1 aromatic heterocycles. The maximum Gasteiger partial charge on any atom is 0.282 e. The minimum Gasteiger partial charge on any atom is -0.487 e. The maximum atomic E-state index is 13.9. The van der Waals surface area contributed by atoms with Gasteiger partial charge >= 0.3 is 0 Å². The molecule has 0 aliphatic heterocycles. The fourth-order valence-electron chi connectivity index (χ4n) is 3.46. The smallest absolute Gasteiger partial charge is 0.282 e. The molecule has 0 aliphatic rings. The molecule has 5 nitrogen and oxygen atoms in total. The van der Waals surface area contributed by atoms with Crippen molar-refractivity contribution >= 4 is 78.2 Å². The molecule has 0 saturated carbocycles. The van der Waals surface area contributed by atoms with Gasteiger partial charge in [-0.3, -0.25) is 4.79 Å². The Labute approximate surface area is 238 Å². The largest absolute Gasteiger partial charge is 0.487 e. The quantitative estimate of drug-likeness (QED) is 0.145. The monoisotopic (exact) mass is 759 g/mol. The summed E-state index contributed by atoms with van der Waals surface area (Å²) in [5.41, 5.74) is 1.75. The molecule has 4 aromatic rings. The number of rotatable bonds is 7. The predicted molar refractivity (Wildman–Crippen MR) is 158 cm³/mol. The molecule has 0 radical (unpaired) electrons. The van der Waals surface area contributed by atoms with Gasteiger partial charge in [0, 0.05) is 16.0 Å². The summed E-state index contributed by atoms with van der Waals surface area (Å²) in [6.07, 6.45) is 2.48. The van der Waals surface area contributed by atoms with E-state index in [0.29, 0.717) is 28.0 Å². The van der Waals surface area contributed by atoms with Gasteiger partial charge in [0.25, 0.3) is 5.56 Å². The van der Waals surface area contributed by atoms with E-state index in [0.717, 1.165) is 23.6 Å². The zero-order valence-corrected chi connectivity index (χ0v) is 24.8. The lowest BCUT2D eigenvalue weighted by Crippen LogP contribution is -2.23. The summed E-state index contributed by atoms with van der Waals surface area (Å²) in [5, 5.41) is 5.05. The molecule has 0 fully saturated rings. The lowest BCUT2D eigenvalue weighted by Gasteiger charge is -2.14. The molecule has 4 rings (SSSR count). The van der Waals surface area contributed by atoms with Crippen molar-refractivity contribution in [2.75, 3.05) is 0 Å². The fourth-order valence-corrected chi connectivity index (χ4v) is 5.95. The van der Waals surface area contributed by atoms with Crippen molar-refractivity contribution in [2.24, 2.45) is 5.10 Å². The number of hydrogen-bond donors (Lipinski definition) is 0. The third-order valence-corrected chi connectivity index (χ3v) is 7.66. The van der Waals surface area contributed by atoms with E-state index >= 15 is 0 Å². The summed E-state index contributed by atoms with van der Waals surface area (Å²) in [6.45, 7) is 4.23. The van der Waals surface area contributed by atoms with Gasteiger partial charge in [0.15, 0.2) is 0 Å². The number of fused-ring (bicyclic) bond motifs is 1. The second-order valence-electron chi connectivity index (χ2n) is 8.00. The highest BCUT2D eigenvalue weighted by atomic mass is 127. The Balaban J connectivity index is 1.68. The van der Waals surface area contributed by atoms with Crippen LogP contribution in [0.3, 0.4) is 0 Å². The first-order valence-corrected chi connectivity index (χ1v) is 13.8. The van der Waals surface area contributed by atoms with Crippen LogP contribution in [0.4, 0.5) is 4.39 Å². The van der Waals surface area contributed by atoms with Crippen molar-refractivity contribution in [3.8, 4) is 5.75 Å². The van der Waals surface area contributed by atoms with Crippen LogP contribution in [0, 0.1) is 13.0 Å². The first-order chi connectivity index (χ1) is 16.8. The Morgan fingerprint density at radius 2 is 1.89 bits per heavy atom. The number of nitrogens with zero attached hydrogens (tertiary/aromatic N) is 3. The van der Waals surface area contributed by atoms with Crippen LogP contribution in [0.25, 0.3) is 10.9 Å². The summed E-state index contributed by atoms with van der Waals surface area (Å²) in [4.78, 5) is 18.1. The van der Waals surface area contributed by atoms with Gasteiger partial charge in [0.2, 0.25) is 0 Å². The molecule has 0 saturated heterocycles. The van der Waals surface area contributed by atoms with Gasteiger partial charge in [0.1, 0.15) is 24.0 Å². The Bertz CT molecular complexity index is 1470. The molecule has 3 aromatic carbocycles. The first kappa shape index (κ1) is 26.2. The lowest BCUT2D eigenvalue weighted by atomic mass is 10.1. The predicted octanol–water partition coefficient (Wildman–Crippen LogP) is 7.48. The minimum atomic E-state index is -0.292. The van der Waals surface area contributed by atoms with Crippen LogP contribution in [0.15, 0.2) is 69.0 Å². The summed E-state index contributed by atoms with van der Waals surface area (Å²) < 4.78 is 23.8.